The van der Waals surface area contributed by atoms with Crippen molar-refractivity contribution < 1.29 is 8.42 Å². The monoisotopic (exact) mass is 324 g/mol. The van der Waals surface area contributed by atoms with Crippen molar-refractivity contribution in [3.63, 3.8) is 0 Å². The average molecular weight is 325 g/mol. The summed E-state index contributed by atoms with van der Waals surface area (Å²) in [6.07, 6.45) is 0.607. The number of nitrogen functional groups attached to an aromatic ring is 1. The van der Waals surface area contributed by atoms with E-state index in [4.69, 9.17) is 17.3 Å². The summed E-state index contributed by atoms with van der Waals surface area (Å²) in [4.78, 5) is -0.0588. The smallest absolute Gasteiger partial charge is 0.244 e. The summed E-state index contributed by atoms with van der Waals surface area (Å²) in [6, 6.07) is 12.5. The molecule has 0 aliphatic carbocycles. The molecule has 0 atom stereocenters. The summed E-state index contributed by atoms with van der Waals surface area (Å²) < 4.78 is 27.1. The minimum absolute atomic E-state index is 0.0588. The summed E-state index contributed by atoms with van der Waals surface area (Å²) in [5.74, 6) is 0. The number of anilines is 1. The maximum atomic E-state index is 12.3. The van der Waals surface area contributed by atoms with Crippen LogP contribution in [-0.4, -0.2) is 15.0 Å². The van der Waals surface area contributed by atoms with E-state index < -0.39 is 10.0 Å². The number of aryl methyl sites for hydroxylation is 1. The molecule has 0 heterocycles. The largest absolute Gasteiger partial charge is 0.398 e. The molecule has 0 amide bonds. The zero-order valence-corrected chi connectivity index (χ0v) is 13.2. The molecule has 0 aliphatic rings. The van der Waals surface area contributed by atoms with E-state index in [1.165, 1.54) is 12.1 Å². The van der Waals surface area contributed by atoms with Gasteiger partial charge in [-0.15, -0.1) is 0 Å². The summed E-state index contributed by atoms with van der Waals surface area (Å²) in [5.41, 5.74) is 8.09. The first kappa shape index (κ1) is 15.8. The molecule has 0 unspecified atom stereocenters. The quantitative estimate of drug-likeness (QED) is 0.831. The highest BCUT2D eigenvalue weighted by Crippen LogP contribution is 2.26. The SMILES string of the molecule is Cc1ccccc1CCNS(=O)(=O)c1c(N)cccc1Cl. The Morgan fingerprint density at radius 3 is 2.52 bits per heavy atom. The van der Waals surface area contributed by atoms with Gasteiger partial charge in [0.2, 0.25) is 10.0 Å². The maximum absolute atomic E-state index is 12.3. The van der Waals surface area contributed by atoms with Crippen molar-refractivity contribution in [1.29, 1.82) is 0 Å². The number of nitrogens with two attached hydrogens (primary N) is 1. The second kappa shape index (κ2) is 6.47. The number of sulfonamides is 1. The lowest BCUT2D eigenvalue weighted by Gasteiger charge is -2.11. The third-order valence-electron chi connectivity index (χ3n) is 3.21. The molecule has 0 bridgehead atoms. The van der Waals surface area contributed by atoms with E-state index in [0.29, 0.717) is 6.42 Å². The highest BCUT2D eigenvalue weighted by Gasteiger charge is 2.20. The van der Waals surface area contributed by atoms with Crippen LogP contribution in [0.5, 0.6) is 0 Å². The zero-order valence-electron chi connectivity index (χ0n) is 11.6. The highest BCUT2D eigenvalue weighted by molar-refractivity contribution is 7.89. The molecule has 2 aromatic rings. The Bertz CT molecular complexity index is 725. The molecule has 0 spiro atoms. The van der Waals surface area contributed by atoms with Crippen LogP contribution in [0.2, 0.25) is 5.02 Å². The summed E-state index contributed by atoms with van der Waals surface area (Å²) >= 11 is 5.94. The topological polar surface area (TPSA) is 72.2 Å². The predicted molar refractivity (Wildman–Crippen MR) is 85.9 cm³/mol. The Morgan fingerprint density at radius 2 is 1.86 bits per heavy atom. The van der Waals surface area contributed by atoms with Gasteiger partial charge in [0.1, 0.15) is 4.90 Å². The molecule has 4 nitrogen and oxygen atoms in total. The molecular weight excluding hydrogens is 308 g/mol. The van der Waals surface area contributed by atoms with Gasteiger partial charge < -0.3 is 5.73 Å². The average Bonchev–Trinajstić information content (AvgIpc) is 2.40. The van der Waals surface area contributed by atoms with Gasteiger partial charge in [0.25, 0.3) is 0 Å². The lowest BCUT2D eigenvalue weighted by Crippen LogP contribution is -2.27. The molecular formula is C15H17ClN2O2S. The van der Waals surface area contributed by atoms with Gasteiger partial charge in [-0.25, -0.2) is 13.1 Å². The Kier molecular flexibility index (Phi) is 4.88. The van der Waals surface area contributed by atoms with Gasteiger partial charge in [-0.2, -0.15) is 0 Å². The highest BCUT2D eigenvalue weighted by atomic mass is 35.5. The molecule has 0 saturated heterocycles. The van der Waals surface area contributed by atoms with E-state index in [0.717, 1.165) is 11.1 Å². The molecule has 0 saturated carbocycles. The standard InChI is InChI=1S/C15H17ClN2O2S/c1-11-5-2-3-6-12(11)9-10-18-21(19,20)15-13(16)7-4-8-14(15)17/h2-8,18H,9-10,17H2,1H3. The molecule has 6 heteroatoms. The fourth-order valence-electron chi connectivity index (χ4n) is 2.09. The summed E-state index contributed by atoms with van der Waals surface area (Å²) in [7, 11) is -3.71. The maximum Gasteiger partial charge on any atom is 0.244 e. The molecule has 0 fully saturated rings. The van der Waals surface area contributed by atoms with Crippen molar-refractivity contribution in [2.24, 2.45) is 0 Å². The van der Waals surface area contributed by atoms with Crippen molar-refractivity contribution >= 4 is 27.3 Å². The number of benzene rings is 2. The number of hydrogen-bond donors (Lipinski definition) is 2. The minimum atomic E-state index is -3.71. The van der Waals surface area contributed by atoms with Crippen molar-refractivity contribution in [3.8, 4) is 0 Å². The van der Waals surface area contributed by atoms with Gasteiger partial charge in [-0.05, 0) is 36.6 Å². The van der Waals surface area contributed by atoms with Crippen LogP contribution in [-0.2, 0) is 16.4 Å². The molecule has 21 heavy (non-hydrogen) atoms. The van der Waals surface area contributed by atoms with Crippen LogP contribution in [0.3, 0.4) is 0 Å². The Hall–Kier alpha value is -1.56. The van der Waals surface area contributed by atoms with Gasteiger partial charge in [-0.1, -0.05) is 41.9 Å². The summed E-state index contributed by atoms with van der Waals surface area (Å²) in [5, 5.41) is 0.124. The number of rotatable bonds is 5. The van der Waals surface area contributed by atoms with Crippen molar-refractivity contribution in [3.05, 3.63) is 58.6 Å². The third-order valence-corrected chi connectivity index (χ3v) is 5.22. The van der Waals surface area contributed by atoms with Crippen molar-refractivity contribution in [2.45, 2.75) is 18.2 Å². The fourth-order valence-corrected chi connectivity index (χ4v) is 3.80. The molecule has 2 rings (SSSR count). The Labute approximate surface area is 130 Å². The van der Waals surface area contributed by atoms with Crippen LogP contribution in [0.4, 0.5) is 5.69 Å². The summed E-state index contributed by atoms with van der Waals surface area (Å²) in [6.45, 7) is 2.29. The third kappa shape index (κ3) is 3.75. The van der Waals surface area contributed by atoms with E-state index >= 15 is 0 Å². The van der Waals surface area contributed by atoms with Gasteiger partial charge in [0.15, 0.2) is 0 Å². The Morgan fingerprint density at radius 1 is 1.14 bits per heavy atom. The van der Waals surface area contributed by atoms with Crippen molar-refractivity contribution in [2.75, 3.05) is 12.3 Å². The van der Waals surface area contributed by atoms with Crippen molar-refractivity contribution in [1.82, 2.24) is 4.72 Å². The van der Waals surface area contributed by atoms with Gasteiger partial charge >= 0.3 is 0 Å². The molecule has 0 radical (unpaired) electrons. The number of nitrogens with one attached hydrogen (secondary N) is 1. The van der Waals surface area contributed by atoms with E-state index in [2.05, 4.69) is 4.72 Å². The first-order chi connectivity index (χ1) is 9.92. The molecule has 0 aromatic heterocycles. The van der Waals surface area contributed by atoms with Crippen LogP contribution >= 0.6 is 11.6 Å². The minimum Gasteiger partial charge on any atom is -0.398 e. The number of halogens is 1. The first-order valence-electron chi connectivity index (χ1n) is 6.50. The Balaban J connectivity index is 2.11. The molecule has 3 N–H and O–H groups in total. The molecule has 0 aliphatic heterocycles. The van der Waals surface area contributed by atoms with Gasteiger partial charge in [0.05, 0.1) is 10.7 Å². The van der Waals surface area contributed by atoms with Crippen LogP contribution in [0.15, 0.2) is 47.4 Å². The lowest BCUT2D eigenvalue weighted by atomic mass is 10.1. The zero-order chi connectivity index (χ0) is 15.5. The van der Waals surface area contributed by atoms with E-state index in [1.54, 1.807) is 6.07 Å². The van der Waals surface area contributed by atoms with Crippen LogP contribution in [0.1, 0.15) is 11.1 Å². The van der Waals surface area contributed by atoms with E-state index in [1.807, 2.05) is 31.2 Å². The normalized spacial score (nSPS) is 11.5. The molecule has 2 aromatic carbocycles. The van der Waals surface area contributed by atoms with Gasteiger partial charge in [0, 0.05) is 6.54 Å². The van der Waals surface area contributed by atoms with Crippen LogP contribution in [0.25, 0.3) is 0 Å². The molecule has 112 valence electrons. The van der Waals surface area contributed by atoms with E-state index in [9.17, 15) is 8.42 Å². The first-order valence-corrected chi connectivity index (χ1v) is 8.36. The second-order valence-corrected chi connectivity index (χ2v) is 6.84. The number of hydrogen-bond acceptors (Lipinski definition) is 3. The van der Waals surface area contributed by atoms with Crippen LogP contribution in [0, 0.1) is 6.92 Å². The fraction of sp³-hybridized carbons (Fsp3) is 0.200. The predicted octanol–water partition coefficient (Wildman–Crippen LogP) is 2.75. The van der Waals surface area contributed by atoms with Gasteiger partial charge in [-0.3, -0.25) is 0 Å². The lowest BCUT2D eigenvalue weighted by molar-refractivity contribution is 0.582. The second-order valence-electron chi connectivity index (χ2n) is 4.73. The van der Waals surface area contributed by atoms with E-state index in [-0.39, 0.29) is 22.2 Å². The van der Waals surface area contributed by atoms with Crippen LogP contribution < -0.4 is 10.5 Å².